The van der Waals surface area contributed by atoms with Crippen molar-refractivity contribution in [3.05, 3.63) is 17.9 Å². The molecule has 3 rings (SSSR count). The van der Waals surface area contributed by atoms with E-state index >= 15 is 0 Å². The van der Waals surface area contributed by atoms with Gasteiger partial charge in [0.2, 0.25) is 5.95 Å². The second kappa shape index (κ2) is 5.20. The number of nitrogen functional groups attached to an aromatic ring is 1. The zero-order valence-electron chi connectivity index (χ0n) is 12.8. The van der Waals surface area contributed by atoms with E-state index in [1.807, 2.05) is 0 Å². The SMILES string of the molecule is COc1cc2c(cc1F)nc(N)n2C1CCC(C)CC1C. The quantitative estimate of drug-likeness (QED) is 0.916. The topological polar surface area (TPSA) is 53.1 Å². The highest BCUT2D eigenvalue weighted by Gasteiger charge is 2.29. The number of rotatable bonds is 2. The van der Waals surface area contributed by atoms with Gasteiger partial charge in [0, 0.05) is 18.2 Å². The number of halogens is 1. The molecule has 1 aliphatic rings. The van der Waals surface area contributed by atoms with E-state index in [4.69, 9.17) is 10.5 Å². The summed E-state index contributed by atoms with van der Waals surface area (Å²) in [4.78, 5) is 4.32. The Hall–Kier alpha value is -1.78. The summed E-state index contributed by atoms with van der Waals surface area (Å²) in [5, 5.41) is 0. The van der Waals surface area contributed by atoms with E-state index in [1.165, 1.54) is 26.0 Å². The molecular weight excluding hydrogens is 269 g/mol. The molecule has 1 saturated carbocycles. The molecular formula is C16H22FN3O. The number of fused-ring (bicyclic) bond motifs is 1. The second-order valence-corrected chi connectivity index (χ2v) is 6.28. The Kier molecular flexibility index (Phi) is 3.51. The van der Waals surface area contributed by atoms with Crippen molar-refractivity contribution in [2.45, 2.75) is 39.2 Å². The molecule has 2 aromatic rings. The molecule has 1 aromatic heterocycles. The van der Waals surface area contributed by atoms with Crippen molar-refractivity contribution >= 4 is 17.0 Å². The summed E-state index contributed by atoms with van der Waals surface area (Å²) in [6.45, 7) is 4.55. The maximum Gasteiger partial charge on any atom is 0.201 e. The number of benzene rings is 1. The number of anilines is 1. The molecule has 0 radical (unpaired) electrons. The molecule has 21 heavy (non-hydrogen) atoms. The molecule has 0 amide bonds. The summed E-state index contributed by atoms with van der Waals surface area (Å²) in [5.74, 6) is 1.58. The lowest BCUT2D eigenvalue weighted by molar-refractivity contribution is 0.213. The van der Waals surface area contributed by atoms with Crippen molar-refractivity contribution in [3.63, 3.8) is 0 Å². The first-order chi connectivity index (χ1) is 10.0. The Morgan fingerprint density at radius 1 is 1.33 bits per heavy atom. The van der Waals surface area contributed by atoms with Crippen molar-refractivity contribution in [2.75, 3.05) is 12.8 Å². The fraction of sp³-hybridized carbons (Fsp3) is 0.562. The van der Waals surface area contributed by atoms with Gasteiger partial charge in [0.1, 0.15) is 0 Å². The van der Waals surface area contributed by atoms with Crippen LogP contribution >= 0.6 is 0 Å². The molecule has 0 bridgehead atoms. The molecule has 5 heteroatoms. The van der Waals surface area contributed by atoms with Gasteiger partial charge in [0.25, 0.3) is 0 Å². The van der Waals surface area contributed by atoms with Crippen LogP contribution in [-0.4, -0.2) is 16.7 Å². The third-order valence-corrected chi connectivity index (χ3v) is 4.71. The molecule has 1 fully saturated rings. The first-order valence-electron chi connectivity index (χ1n) is 7.52. The summed E-state index contributed by atoms with van der Waals surface area (Å²) in [6.07, 6.45) is 3.45. The van der Waals surface area contributed by atoms with Crippen LogP contribution in [0, 0.1) is 17.7 Å². The first kappa shape index (κ1) is 14.2. The standard InChI is InChI=1S/C16H22FN3O/c1-9-4-5-13(10(2)6-9)20-14-8-15(21-3)11(17)7-12(14)19-16(20)18/h7-10,13H,4-6H2,1-3H3,(H2,18,19). The fourth-order valence-corrected chi connectivity index (χ4v) is 3.65. The summed E-state index contributed by atoms with van der Waals surface area (Å²) in [5.41, 5.74) is 7.56. The number of nitrogens with two attached hydrogens (primary N) is 1. The molecule has 3 unspecified atom stereocenters. The van der Waals surface area contributed by atoms with Crippen LogP contribution in [0.15, 0.2) is 12.1 Å². The maximum atomic E-state index is 13.8. The maximum absolute atomic E-state index is 13.8. The normalized spacial score (nSPS) is 26.2. The average Bonchev–Trinajstić information content (AvgIpc) is 2.73. The highest BCUT2D eigenvalue weighted by atomic mass is 19.1. The van der Waals surface area contributed by atoms with E-state index in [-0.39, 0.29) is 5.75 Å². The molecule has 4 nitrogen and oxygen atoms in total. The van der Waals surface area contributed by atoms with Crippen molar-refractivity contribution < 1.29 is 9.13 Å². The van der Waals surface area contributed by atoms with Gasteiger partial charge in [-0.05, 0) is 31.1 Å². The van der Waals surface area contributed by atoms with Gasteiger partial charge in [-0.3, -0.25) is 0 Å². The molecule has 114 valence electrons. The number of methoxy groups -OCH3 is 1. The van der Waals surface area contributed by atoms with Crippen LogP contribution in [0.5, 0.6) is 5.75 Å². The molecule has 0 saturated heterocycles. The van der Waals surface area contributed by atoms with Crippen LogP contribution in [0.3, 0.4) is 0 Å². The Morgan fingerprint density at radius 2 is 2.10 bits per heavy atom. The van der Waals surface area contributed by atoms with Gasteiger partial charge in [0.05, 0.1) is 18.1 Å². The first-order valence-corrected chi connectivity index (χ1v) is 7.52. The number of imidazole rings is 1. The lowest BCUT2D eigenvalue weighted by Gasteiger charge is -2.34. The Balaban J connectivity index is 2.11. The molecule has 3 atom stereocenters. The summed E-state index contributed by atoms with van der Waals surface area (Å²) in [6, 6.07) is 3.43. The van der Waals surface area contributed by atoms with E-state index < -0.39 is 5.82 Å². The minimum atomic E-state index is -0.403. The van der Waals surface area contributed by atoms with Gasteiger partial charge in [-0.25, -0.2) is 9.37 Å². The third kappa shape index (κ3) is 2.34. The monoisotopic (exact) mass is 291 g/mol. The smallest absolute Gasteiger partial charge is 0.201 e. The summed E-state index contributed by atoms with van der Waals surface area (Å²) >= 11 is 0. The van der Waals surface area contributed by atoms with Crippen LogP contribution in [0.2, 0.25) is 0 Å². The highest BCUT2D eigenvalue weighted by molar-refractivity contribution is 5.80. The molecule has 0 spiro atoms. The second-order valence-electron chi connectivity index (χ2n) is 6.28. The molecule has 1 heterocycles. The lowest BCUT2D eigenvalue weighted by atomic mass is 9.79. The lowest BCUT2D eigenvalue weighted by Crippen LogP contribution is -2.25. The van der Waals surface area contributed by atoms with Gasteiger partial charge in [0.15, 0.2) is 11.6 Å². The van der Waals surface area contributed by atoms with Gasteiger partial charge >= 0.3 is 0 Å². The van der Waals surface area contributed by atoms with E-state index in [1.54, 1.807) is 6.07 Å². The van der Waals surface area contributed by atoms with Gasteiger partial charge in [-0.2, -0.15) is 0 Å². The van der Waals surface area contributed by atoms with E-state index in [0.29, 0.717) is 23.4 Å². The van der Waals surface area contributed by atoms with Crippen molar-refractivity contribution in [1.82, 2.24) is 9.55 Å². The van der Waals surface area contributed by atoms with Crippen LogP contribution < -0.4 is 10.5 Å². The van der Waals surface area contributed by atoms with E-state index in [0.717, 1.165) is 17.9 Å². The summed E-state index contributed by atoms with van der Waals surface area (Å²) < 4.78 is 21.0. The largest absolute Gasteiger partial charge is 0.494 e. The van der Waals surface area contributed by atoms with E-state index in [2.05, 4.69) is 23.4 Å². The van der Waals surface area contributed by atoms with Gasteiger partial charge in [-0.15, -0.1) is 0 Å². The van der Waals surface area contributed by atoms with Crippen LogP contribution in [0.1, 0.15) is 39.2 Å². The average molecular weight is 291 g/mol. The molecule has 1 aromatic carbocycles. The Labute approximate surface area is 124 Å². The van der Waals surface area contributed by atoms with E-state index in [9.17, 15) is 4.39 Å². The summed E-state index contributed by atoms with van der Waals surface area (Å²) in [7, 11) is 1.47. The number of hydrogen-bond donors (Lipinski definition) is 1. The van der Waals surface area contributed by atoms with Crippen LogP contribution in [-0.2, 0) is 0 Å². The van der Waals surface area contributed by atoms with Crippen molar-refractivity contribution in [2.24, 2.45) is 11.8 Å². The predicted molar refractivity (Wildman–Crippen MR) is 81.9 cm³/mol. The van der Waals surface area contributed by atoms with Crippen molar-refractivity contribution in [1.29, 1.82) is 0 Å². The Bertz CT molecular complexity index is 667. The number of aromatic nitrogens is 2. The van der Waals surface area contributed by atoms with Crippen LogP contribution in [0.4, 0.5) is 10.3 Å². The Morgan fingerprint density at radius 3 is 2.76 bits per heavy atom. The predicted octanol–water partition coefficient (Wildman–Crippen LogP) is 3.76. The zero-order chi connectivity index (χ0) is 15.1. The number of nitrogens with zero attached hydrogens (tertiary/aromatic N) is 2. The molecule has 1 aliphatic carbocycles. The van der Waals surface area contributed by atoms with Crippen LogP contribution in [0.25, 0.3) is 11.0 Å². The zero-order valence-corrected chi connectivity index (χ0v) is 12.8. The fourth-order valence-electron chi connectivity index (χ4n) is 3.65. The number of ether oxygens (including phenoxy) is 1. The van der Waals surface area contributed by atoms with Crippen molar-refractivity contribution in [3.8, 4) is 5.75 Å². The minimum Gasteiger partial charge on any atom is -0.494 e. The minimum absolute atomic E-state index is 0.237. The third-order valence-electron chi connectivity index (χ3n) is 4.71. The highest BCUT2D eigenvalue weighted by Crippen LogP contribution is 2.40. The molecule has 0 aliphatic heterocycles. The molecule has 2 N–H and O–H groups in total. The van der Waals surface area contributed by atoms with Gasteiger partial charge in [-0.1, -0.05) is 13.8 Å². The number of hydrogen-bond acceptors (Lipinski definition) is 3. The van der Waals surface area contributed by atoms with Gasteiger partial charge < -0.3 is 15.0 Å².